The van der Waals surface area contributed by atoms with E-state index in [-0.39, 0.29) is 16.3 Å². The Labute approximate surface area is 193 Å². The van der Waals surface area contributed by atoms with Gasteiger partial charge in [-0.3, -0.25) is 4.79 Å². The van der Waals surface area contributed by atoms with Crippen molar-refractivity contribution in [2.75, 3.05) is 0 Å². The van der Waals surface area contributed by atoms with Gasteiger partial charge in [0.05, 0.1) is 0 Å². The zero-order valence-corrected chi connectivity index (χ0v) is 20.8. The average molecular weight is 439 g/mol. The van der Waals surface area contributed by atoms with Crippen LogP contribution < -0.4 is 5.43 Å². The molecule has 162 valence electrons. The van der Waals surface area contributed by atoms with Gasteiger partial charge >= 0.3 is 0 Å². The van der Waals surface area contributed by atoms with E-state index in [0.717, 1.165) is 31.1 Å². The molecule has 5 aromatic rings. The topological polar surface area (TPSA) is 17.1 Å². The van der Waals surface area contributed by atoms with Gasteiger partial charge in [0.1, 0.15) is 0 Å². The lowest BCUT2D eigenvalue weighted by molar-refractivity contribution is 0.531. The maximum absolute atomic E-state index is 13.3. The Morgan fingerprint density at radius 3 is 1.66 bits per heavy atom. The predicted octanol–water partition coefficient (Wildman–Crippen LogP) is 8.62. The van der Waals surface area contributed by atoms with E-state index >= 15 is 0 Å². The molecule has 0 spiro atoms. The van der Waals surface area contributed by atoms with Crippen LogP contribution in [0.3, 0.4) is 0 Å². The molecule has 0 atom stereocenters. The van der Waals surface area contributed by atoms with Crippen molar-refractivity contribution in [1.29, 1.82) is 0 Å². The Bertz CT molecular complexity index is 1600. The molecule has 1 aromatic heterocycles. The summed E-state index contributed by atoms with van der Waals surface area (Å²) < 4.78 is 2.11. The molecular formula is C30H30OS. The third-order valence-electron chi connectivity index (χ3n) is 6.49. The number of hydrogen-bond acceptors (Lipinski definition) is 2. The molecule has 5 rings (SSSR count). The van der Waals surface area contributed by atoms with Crippen molar-refractivity contribution in [3.05, 3.63) is 81.5 Å². The van der Waals surface area contributed by atoms with Gasteiger partial charge < -0.3 is 0 Å². The summed E-state index contributed by atoms with van der Waals surface area (Å²) in [6, 6.07) is 19.8. The molecule has 32 heavy (non-hydrogen) atoms. The molecule has 1 heterocycles. The Kier molecular flexibility index (Phi) is 4.56. The summed E-state index contributed by atoms with van der Waals surface area (Å²) in [7, 11) is 0. The van der Waals surface area contributed by atoms with Crippen LogP contribution in [-0.2, 0) is 10.8 Å². The summed E-state index contributed by atoms with van der Waals surface area (Å²) in [6.45, 7) is 15.8. The normalized spacial score (nSPS) is 13.0. The van der Waals surface area contributed by atoms with Crippen molar-refractivity contribution in [2.24, 2.45) is 0 Å². The molecule has 0 N–H and O–H groups in total. The first kappa shape index (κ1) is 21.2. The Hall–Kier alpha value is -2.71. The van der Waals surface area contributed by atoms with E-state index in [9.17, 15) is 4.79 Å². The van der Waals surface area contributed by atoms with Crippen LogP contribution in [0.1, 0.15) is 58.2 Å². The molecule has 4 aromatic carbocycles. The first-order valence-corrected chi connectivity index (χ1v) is 12.1. The first-order chi connectivity index (χ1) is 14.9. The highest BCUT2D eigenvalue weighted by molar-refractivity contribution is 7.24. The van der Waals surface area contributed by atoms with Crippen LogP contribution in [0.2, 0.25) is 0 Å². The van der Waals surface area contributed by atoms with Crippen LogP contribution in [0.25, 0.3) is 41.7 Å². The second-order valence-electron chi connectivity index (χ2n) is 11.2. The summed E-state index contributed by atoms with van der Waals surface area (Å²) in [4.78, 5) is 13.3. The van der Waals surface area contributed by atoms with E-state index in [1.807, 2.05) is 13.0 Å². The van der Waals surface area contributed by atoms with Crippen LogP contribution in [0.5, 0.6) is 0 Å². The summed E-state index contributed by atoms with van der Waals surface area (Å²) >= 11 is 1.71. The molecule has 0 amide bonds. The Morgan fingerprint density at radius 1 is 0.594 bits per heavy atom. The van der Waals surface area contributed by atoms with Gasteiger partial charge in [-0.05, 0) is 86.8 Å². The zero-order chi connectivity index (χ0) is 23.0. The van der Waals surface area contributed by atoms with Gasteiger partial charge in [-0.1, -0.05) is 65.3 Å². The van der Waals surface area contributed by atoms with Gasteiger partial charge in [0.15, 0.2) is 5.43 Å². The molecule has 0 unspecified atom stereocenters. The molecule has 0 saturated carbocycles. The van der Waals surface area contributed by atoms with Crippen LogP contribution in [-0.4, -0.2) is 0 Å². The van der Waals surface area contributed by atoms with Gasteiger partial charge in [-0.2, -0.15) is 0 Å². The number of rotatable bonds is 0. The van der Waals surface area contributed by atoms with Crippen LogP contribution in [0, 0.1) is 6.92 Å². The molecule has 2 heteroatoms. The van der Waals surface area contributed by atoms with E-state index in [1.54, 1.807) is 11.3 Å². The van der Waals surface area contributed by atoms with Crippen molar-refractivity contribution in [3.8, 4) is 0 Å². The van der Waals surface area contributed by atoms with E-state index in [0.29, 0.717) is 0 Å². The van der Waals surface area contributed by atoms with Gasteiger partial charge in [-0.25, -0.2) is 0 Å². The fourth-order valence-corrected chi connectivity index (χ4v) is 5.84. The number of benzene rings is 4. The van der Waals surface area contributed by atoms with Crippen molar-refractivity contribution in [1.82, 2.24) is 0 Å². The van der Waals surface area contributed by atoms with Crippen molar-refractivity contribution < 1.29 is 0 Å². The van der Waals surface area contributed by atoms with Gasteiger partial charge in [-0.15, -0.1) is 11.3 Å². The molecule has 1 nitrogen and oxygen atoms in total. The third kappa shape index (κ3) is 3.42. The number of fused-ring (bicyclic) bond motifs is 4. The summed E-state index contributed by atoms with van der Waals surface area (Å²) in [5.74, 6) is 0. The second-order valence-corrected chi connectivity index (χ2v) is 12.3. The smallest absolute Gasteiger partial charge is 0.195 e. The van der Waals surface area contributed by atoms with Gasteiger partial charge in [0, 0.05) is 20.2 Å². The largest absolute Gasteiger partial charge is 0.289 e. The minimum Gasteiger partial charge on any atom is -0.289 e. The third-order valence-corrected chi connectivity index (χ3v) is 7.62. The molecule has 0 fully saturated rings. The lowest BCUT2D eigenvalue weighted by Gasteiger charge is -2.30. The maximum atomic E-state index is 13.3. The minimum atomic E-state index is 0.0653. The molecule has 0 bridgehead atoms. The molecule has 0 radical (unpaired) electrons. The molecule has 0 aliphatic heterocycles. The SMILES string of the molecule is Cc1ccc2sc3cc4cc5cc(C(C)(C)C)c(C(C)(C)C)cc5cc4cc3c(=O)c2c1. The number of aryl methyl sites for hydroxylation is 1. The van der Waals surface area contributed by atoms with E-state index in [1.165, 1.54) is 27.3 Å². The highest BCUT2D eigenvalue weighted by atomic mass is 32.1. The maximum Gasteiger partial charge on any atom is 0.195 e. The second kappa shape index (κ2) is 6.89. The summed E-state index contributed by atoms with van der Waals surface area (Å²) in [5, 5.41) is 6.47. The number of hydrogen-bond donors (Lipinski definition) is 0. The molecule has 0 saturated heterocycles. The molecular weight excluding hydrogens is 408 g/mol. The first-order valence-electron chi connectivity index (χ1n) is 11.3. The van der Waals surface area contributed by atoms with E-state index < -0.39 is 0 Å². The average Bonchev–Trinajstić information content (AvgIpc) is 2.69. The standard InChI is InChI=1S/C30H30OS/c1-17-8-9-26-22(10-17)28(31)23-13-18-11-19-14-24(29(2,3)4)25(30(5,6)7)15-20(19)12-21(18)16-27(23)32-26/h8-16H,1-7H3. The van der Waals surface area contributed by atoms with Crippen molar-refractivity contribution in [2.45, 2.75) is 59.3 Å². The molecule has 0 aliphatic rings. The molecule has 0 aliphatic carbocycles. The summed E-state index contributed by atoms with van der Waals surface area (Å²) in [5.41, 5.74) is 4.20. The highest BCUT2D eigenvalue weighted by Crippen LogP contribution is 2.38. The lowest BCUT2D eigenvalue weighted by atomic mass is 9.74. The quantitative estimate of drug-likeness (QED) is 0.221. The van der Waals surface area contributed by atoms with Crippen LogP contribution in [0.15, 0.2) is 59.4 Å². The van der Waals surface area contributed by atoms with E-state index in [2.05, 4.69) is 90.1 Å². The Morgan fingerprint density at radius 2 is 1.09 bits per heavy atom. The van der Waals surface area contributed by atoms with Crippen LogP contribution in [0.4, 0.5) is 0 Å². The van der Waals surface area contributed by atoms with Gasteiger partial charge in [0.2, 0.25) is 0 Å². The van der Waals surface area contributed by atoms with Crippen LogP contribution >= 0.6 is 11.3 Å². The van der Waals surface area contributed by atoms with Gasteiger partial charge in [0.25, 0.3) is 0 Å². The highest BCUT2D eigenvalue weighted by Gasteiger charge is 2.25. The van der Waals surface area contributed by atoms with Crippen molar-refractivity contribution >= 4 is 53.1 Å². The Balaban J connectivity index is 1.86. The fraction of sp³-hybridized carbons (Fsp3) is 0.300. The predicted molar refractivity (Wildman–Crippen MR) is 143 cm³/mol. The monoisotopic (exact) mass is 438 g/mol. The summed E-state index contributed by atoms with van der Waals surface area (Å²) in [6.07, 6.45) is 0. The fourth-order valence-electron chi connectivity index (χ4n) is 4.76. The lowest BCUT2D eigenvalue weighted by Crippen LogP contribution is -2.21. The zero-order valence-electron chi connectivity index (χ0n) is 20.0. The minimum absolute atomic E-state index is 0.0653. The van der Waals surface area contributed by atoms with E-state index in [4.69, 9.17) is 0 Å². The van der Waals surface area contributed by atoms with Crippen molar-refractivity contribution in [3.63, 3.8) is 0 Å².